The van der Waals surface area contributed by atoms with Gasteiger partial charge < -0.3 is 15.4 Å². The Bertz CT molecular complexity index is 793. The molecule has 0 aliphatic carbocycles. The number of hydrogen-bond acceptors (Lipinski definition) is 7. The smallest absolute Gasteiger partial charge is 0.292 e. The molecule has 0 bridgehead atoms. The maximum absolute atomic E-state index is 12.5. The predicted octanol–water partition coefficient (Wildman–Crippen LogP) is 2.65. The predicted molar refractivity (Wildman–Crippen MR) is 109 cm³/mol. The van der Waals surface area contributed by atoms with E-state index in [1.807, 2.05) is 11.4 Å². The lowest BCUT2D eigenvalue weighted by Crippen LogP contribution is -2.46. The van der Waals surface area contributed by atoms with Gasteiger partial charge in [0.1, 0.15) is 5.69 Å². The minimum absolute atomic E-state index is 0.118. The fraction of sp³-hybridized carbons (Fsp3) is 0.421. The summed E-state index contributed by atoms with van der Waals surface area (Å²) in [6.07, 6.45) is 0. The van der Waals surface area contributed by atoms with Crippen LogP contribution in [0.2, 0.25) is 0 Å². The summed E-state index contributed by atoms with van der Waals surface area (Å²) in [5.74, 6) is -0.304. The second kappa shape index (κ2) is 9.74. The molecular formula is C19H24N4O4S. The van der Waals surface area contributed by atoms with Gasteiger partial charge in [0.2, 0.25) is 5.91 Å². The van der Waals surface area contributed by atoms with Crippen molar-refractivity contribution in [3.05, 3.63) is 56.8 Å². The Labute approximate surface area is 167 Å². The van der Waals surface area contributed by atoms with Gasteiger partial charge in [0, 0.05) is 30.6 Å². The van der Waals surface area contributed by atoms with Crippen molar-refractivity contribution in [2.45, 2.75) is 19.0 Å². The van der Waals surface area contributed by atoms with E-state index in [1.165, 1.54) is 17.0 Å². The minimum Gasteiger partial charge on any atom is -0.379 e. The van der Waals surface area contributed by atoms with Gasteiger partial charge in [0.15, 0.2) is 0 Å². The third-order valence-corrected chi connectivity index (χ3v) is 5.70. The Hall–Kier alpha value is -2.33. The molecule has 2 heterocycles. The van der Waals surface area contributed by atoms with Crippen LogP contribution >= 0.6 is 11.3 Å². The number of hydrogen-bond donors (Lipinski definition) is 2. The van der Waals surface area contributed by atoms with Crippen LogP contribution < -0.4 is 10.6 Å². The molecule has 1 aromatic carbocycles. The van der Waals surface area contributed by atoms with Crippen molar-refractivity contribution >= 4 is 28.6 Å². The molecule has 2 aromatic rings. The quantitative estimate of drug-likeness (QED) is 0.519. The van der Waals surface area contributed by atoms with Crippen LogP contribution in [0.1, 0.15) is 17.8 Å². The highest BCUT2D eigenvalue weighted by molar-refractivity contribution is 7.10. The van der Waals surface area contributed by atoms with Gasteiger partial charge in [-0.25, -0.2) is 0 Å². The van der Waals surface area contributed by atoms with Gasteiger partial charge in [-0.1, -0.05) is 18.2 Å². The zero-order valence-corrected chi connectivity index (χ0v) is 16.5. The number of rotatable bonds is 8. The lowest BCUT2D eigenvalue weighted by Gasteiger charge is -2.34. The summed E-state index contributed by atoms with van der Waals surface area (Å²) in [5, 5.41) is 19.1. The van der Waals surface area contributed by atoms with Gasteiger partial charge >= 0.3 is 0 Å². The summed E-state index contributed by atoms with van der Waals surface area (Å²) < 4.78 is 5.45. The number of carbonyl (C=O) groups excluding carboxylic acids is 1. The van der Waals surface area contributed by atoms with E-state index in [4.69, 9.17) is 4.74 Å². The summed E-state index contributed by atoms with van der Waals surface area (Å²) in [5.41, 5.74) is 0.0852. The molecule has 1 aliphatic heterocycles. The lowest BCUT2D eigenvalue weighted by molar-refractivity contribution is -0.383. The molecule has 2 N–H and O–H groups in total. The topological polar surface area (TPSA) is 96.7 Å². The van der Waals surface area contributed by atoms with Crippen LogP contribution in [0.4, 0.5) is 11.4 Å². The molecule has 8 nitrogen and oxygen atoms in total. The van der Waals surface area contributed by atoms with Crippen LogP contribution in [0.15, 0.2) is 41.8 Å². The zero-order valence-electron chi connectivity index (χ0n) is 15.7. The standard InChI is InChI=1S/C19H24N4O4S/c1-14(19(24)21-15-5-2-3-6-16(15)23(25)26)20-13-17(18-7-4-12-28-18)22-8-10-27-11-9-22/h2-7,12,14,17,20H,8-11,13H2,1H3,(H,21,24). The maximum Gasteiger partial charge on any atom is 0.292 e. The minimum atomic E-state index is -0.501. The number of thiophene rings is 1. The Balaban J connectivity index is 1.62. The Morgan fingerprint density at radius 2 is 2.04 bits per heavy atom. The van der Waals surface area contributed by atoms with E-state index in [1.54, 1.807) is 30.4 Å². The summed E-state index contributed by atoms with van der Waals surface area (Å²) in [6.45, 7) is 5.47. The van der Waals surface area contributed by atoms with E-state index in [0.29, 0.717) is 19.8 Å². The van der Waals surface area contributed by atoms with Crippen LogP contribution in [0.5, 0.6) is 0 Å². The van der Waals surface area contributed by atoms with Crippen molar-refractivity contribution in [2.24, 2.45) is 0 Å². The van der Waals surface area contributed by atoms with Crippen LogP contribution in [-0.4, -0.2) is 54.6 Å². The second-order valence-corrected chi connectivity index (χ2v) is 7.55. The number of para-hydroxylation sites is 2. The molecule has 1 saturated heterocycles. The lowest BCUT2D eigenvalue weighted by atomic mass is 10.1. The number of morpholine rings is 1. The van der Waals surface area contributed by atoms with Crippen molar-refractivity contribution < 1.29 is 14.5 Å². The first-order chi connectivity index (χ1) is 13.6. The van der Waals surface area contributed by atoms with Gasteiger partial charge in [0.25, 0.3) is 5.69 Å². The molecule has 2 unspecified atom stereocenters. The summed E-state index contributed by atoms with van der Waals surface area (Å²) in [6, 6.07) is 9.93. The number of carbonyl (C=O) groups is 1. The fourth-order valence-corrected chi connectivity index (χ4v) is 4.00. The molecule has 2 atom stereocenters. The van der Waals surface area contributed by atoms with Crippen molar-refractivity contribution in [3.63, 3.8) is 0 Å². The van der Waals surface area contributed by atoms with E-state index in [0.717, 1.165) is 13.1 Å². The fourth-order valence-electron chi connectivity index (χ4n) is 3.14. The van der Waals surface area contributed by atoms with Gasteiger partial charge in [0.05, 0.1) is 30.2 Å². The van der Waals surface area contributed by atoms with Crippen molar-refractivity contribution in [1.29, 1.82) is 0 Å². The molecule has 0 saturated carbocycles. The first kappa shape index (κ1) is 20.4. The third-order valence-electron chi connectivity index (χ3n) is 4.73. The molecule has 1 aromatic heterocycles. The van der Waals surface area contributed by atoms with Gasteiger partial charge in [-0.05, 0) is 24.4 Å². The van der Waals surface area contributed by atoms with E-state index in [9.17, 15) is 14.9 Å². The molecule has 1 aliphatic rings. The second-order valence-electron chi connectivity index (χ2n) is 6.57. The first-order valence-corrected chi connectivity index (χ1v) is 10.1. The molecule has 150 valence electrons. The van der Waals surface area contributed by atoms with Crippen LogP contribution in [-0.2, 0) is 9.53 Å². The summed E-state index contributed by atoms with van der Waals surface area (Å²) >= 11 is 1.69. The number of nitro benzene ring substituents is 1. The molecule has 1 amide bonds. The maximum atomic E-state index is 12.5. The number of nitrogens with zero attached hydrogens (tertiary/aromatic N) is 2. The molecular weight excluding hydrogens is 380 g/mol. The number of anilines is 1. The van der Waals surface area contributed by atoms with Gasteiger partial charge in [-0.15, -0.1) is 11.3 Å². The van der Waals surface area contributed by atoms with Crippen molar-refractivity contribution in [1.82, 2.24) is 10.2 Å². The molecule has 28 heavy (non-hydrogen) atoms. The van der Waals surface area contributed by atoms with Crippen LogP contribution in [0.3, 0.4) is 0 Å². The first-order valence-electron chi connectivity index (χ1n) is 9.19. The average molecular weight is 404 g/mol. The van der Waals surface area contributed by atoms with E-state index in [2.05, 4.69) is 21.6 Å². The van der Waals surface area contributed by atoms with Crippen molar-refractivity contribution in [3.8, 4) is 0 Å². The number of amides is 1. The van der Waals surface area contributed by atoms with E-state index < -0.39 is 11.0 Å². The normalized spacial score (nSPS) is 17.0. The Kier molecular flexibility index (Phi) is 7.10. The highest BCUT2D eigenvalue weighted by Crippen LogP contribution is 2.26. The third kappa shape index (κ3) is 5.14. The summed E-state index contributed by atoms with van der Waals surface area (Å²) in [4.78, 5) is 26.7. The molecule has 3 rings (SSSR count). The van der Waals surface area contributed by atoms with Crippen molar-refractivity contribution in [2.75, 3.05) is 38.2 Å². The van der Waals surface area contributed by atoms with E-state index >= 15 is 0 Å². The highest BCUT2D eigenvalue weighted by atomic mass is 32.1. The molecule has 9 heteroatoms. The number of benzene rings is 1. The van der Waals surface area contributed by atoms with Crippen LogP contribution in [0, 0.1) is 10.1 Å². The molecule has 0 radical (unpaired) electrons. The number of nitrogens with one attached hydrogen (secondary N) is 2. The average Bonchev–Trinajstić information content (AvgIpc) is 3.23. The Morgan fingerprint density at radius 3 is 2.71 bits per heavy atom. The number of nitro groups is 1. The van der Waals surface area contributed by atoms with Gasteiger partial charge in [-0.3, -0.25) is 19.8 Å². The monoisotopic (exact) mass is 404 g/mol. The van der Waals surface area contributed by atoms with Crippen LogP contribution in [0.25, 0.3) is 0 Å². The van der Waals surface area contributed by atoms with E-state index in [-0.39, 0.29) is 23.3 Å². The SMILES string of the molecule is CC(NCC(c1cccs1)N1CCOCC1)C(=O)Nc1ccccc1[N+](=O)[O-]. The van der Waals surface area contributed by atoms with Gasteiger partial charge in [-0.2, -0.15) is 0 Å². The zero-order chi connectivity index (χ0) is 19.9. The largest absolute Gasteiger partial charge is 0.379 e. The molecule has 1 fully saturated rings. The number of ether oxygens (including phenoxy) is 1. The highest BCUT2D eigenvalue weighted by Gasteiger charge is 2.25. The summed E-state index contributed by atoms with van der Waals surface area (Å²) in [7, 11) is 0. The molecule has 0 spiro atoms. The Morgan fingerprint density at radius 1 is 1.29 bits per heavy atom.